The number of rotatable bonds is 7. The molecule has 4 aromatic rings. The number of aromatic nitrogens is 3. The highest BCUT2D eigenvalue weighted by Gasteiger charge is 2.57. The maximum Gasteiger partial charge on any atom is 0.424 e. The van der Waals surface area contributed by atoms with Crippen molar-refractivity contribution in [2.75, 3.05) is 13.2 Å². The van der Waals surface area contributed by atoms with Crippen molar-refractivity contribution in [2.45, 2.75) is 24.1 Å². The molecule has 2 atom stereocenters. The molecule has 43 heavy (non-hydrogen) atoms. The fraction of sp³-hybridized carbons (Fsp3) is 0.222. The highest BCUT2D eigenvalue weighted by atomic mass is 19.4. The normalized spacial score (nSPS) is 17.7. The first-order valence-corrected chi connectivity index (χ1v) is 12.3. The first-order chi connectivity index (χ1) is 20.0. The number of aliphatic hydroxyl groups is 1. The summed E-state index contributed by atoms with van der Waals surface area (Å²) in [4.78, 5) is 44.3. The third-order valence-electron chi connectivity index (χ3n) is 7.15. The van der Waals surface area contributed by atoms with Crippen LogP contribution in [0.25, 0.3) is 16.9 Å². The summed E-state index contributed by atoms with van der Waals surface area (Å²) in [7, 11) is 0. The van der Waals surface area contributed by atoms with Gasteiger partial charge in [-0.25, -0.2) is 18.7 Å². The highest BCUT2D eigenvalue weighted by Crippen LogP contribution is 2.47. The Bertz CT molecular complexity index is 1810. The number of hydrogen-bond acceptors (Lipinski definition) is 7. The molecular weight excluding hydrogens is 583 g/mol. The minimum Gasteiger partial charge on any atom is -0.489 e. The Balaban J connectivity index is 1.57. The second kappa shape index (κ2) is 10.0. The van der Waals surface area contributed by atoms with Crippen molar-refractivity contribution >= 4 is 23.4 Å². The summed E-state index contributed by atoms with van der Waals surface area (Å²) < 4.78 is 78.4. The van der Waals surface area contributed by atoms with Gasteiger partial charge >= 0.3 is 6.18 Å². The third-order valence-corrected chi connectivity index (χ3v) is 7.15. The Labute approximate surface area is 238 Å². The molecule has 1 aromatic carbocycles. The van der Waals surface area contributed by atoms with E-state index in [1.165, 1.54) is 19.1 Å². The lowest BCUT2D eigenvalue weighted by Crippen LogP contribution is -2.51. The molecule has 11 nitrogen and oxygen atoms in total. The third kappa shape index (κ3) is 4.88. The molecule has 0 saturated heterocycles. The molecular formula is C27H21F5N6O5. The number of fused-ring (bicyclic) bond motifs is 2. The monoisotopic (exact) mass is 604 g/mol. The lowest BCUT2D eigenvalue weighted by Gasteiger charge is -2.31. The molecule has 0 fully saturated rings. The number of hydrogen-bond donors (Lipinski definition) is 4. The van der Waals surface area contributed by atoms with Gasteiger partial charge in [-0.05, 0) is 43.3 Å². The molecule has 5 rings (SSSR count). The average Bonchev–Trinajstić information content (AvgIpc) is 3.54. The summed E-state index contributed by atoms with van der Waals surface area (Å²) in [5.41, 5.74) is 2.72. The van der Waals surface area contributed by atoms with Gasteiger partial charge in [0.15, 0.2) is 11.5 Å². The van der Waals surface area contributed by atoms with Crippen LogP contribution in [0.4, 0.5) is 22.0 Å². The summed E-state index contributed by atoms with van der Waals surface area (Å²) in [5.74, 6) is -4.98. The average molecular weight is 604 g/mol. The Morgan fingerprint density at radius 1 is 1.09 bits per heavy atom. The van der Waals surface area contributed by atoms with Crippen LogP contribution in [0, 0.1) is 11.6 Å². The van der Waals surface area contributed by atoms with Crippen molar-refractivity contribution in [3.63, 3.8) is 0 Å². The van der Waals surface area contributed by atoms with Gasteiger partial charge in [0, 0.05) is 23.5 Å². The number of amides is 3. The molecule has 0 saturated carbocycles. The number of carbonyl (C=O) groups is 3. The van der Waals surface area contributed by atoms with Gasteiger partial charge < -0.3 is 31.0 Å². The van der Waals surface area contributed by atoms with Crippen molar-refractivity contribution < 1.29 is 46.2 Å². The SMILES string of the molecule is C[C@]1(C(N)=O)COc2c1cc([C@@](O)(CNC(=O)c1cc(F)c3nc(C(N)=O)cn3c1)C(F)(F)F)nc2-c1ccc(F)cc1. The fourth-order valence-electron chi connectivity index (χ4n) is 4.55. The van der Waals surface area contributed by atoms with Crippen LogP contribution in [-0.4, -0.2) is 56.5 Å². The maximum absolute atomic E-state index is 14.6. The lowest BCUT2D eigenvalue weighted by atomic mass is 9.81. The number of nitrogens with two attached hydrogens (primary N) is 2. The zero-order valence-corrected chi connectivity index (χ0v) is 22.0. The van der Waals surface area contributed by atoms with Crippen molar-refractivity contribution in [1.29, 1.82) is 0 Å². The number of nitrogens with one attached hydrogen (secondary N) is 1. The van der Waals surface area contributed by atoms with Crippen LogP contribution in [-0.2, 0) is 15.8 Å². The molecule has 4 heterocycles. The molecule has 0 aliphatic carbocycles. The number of carbonyl (C=O) groups excluding carboxylic acids is 3. The zero-order valence-electron chi connectivity index (χ0n) is 22.0. The van der Waals surface area contributed by atoms with Gasteiger partial charge in [-0.15, -0.1) is 0 Å². The van der Waals surface area contributed by atoms with Gasteiger partial charge in [0.05, 0.1) is 17.8 Å². The first-order valence-electron chi connectivity index (χ1n) is 12.3. The minimum atomic E-state index is -5.46. The van der Waals surface area contributed by atoms with E-state index >= 15 is 0 Å². The number of alkyl halides is 3. The molecule has 6 N–H and O–H groups in total. The number of halogens is 5. The number of primary amides is 2. The standard InChI is InChI=1S/C27H21F5N6O5/c1-25(24(34)41)11-43-20-15(25)7-18(37-19(20)12-2-4-14(28)5-3-12)26(42,27(30,31)32)10-35-23(40)13-6-16(29)22-36-17(21(33)39)9-38(22)8-13/h2-9,42H,10-11H2,1H3,(H2,33,39)(H2,34,41)(H,35,40)/t25-,26-/m0/s1. The Morgan fingerprint density at radius 3 is 2.37 bits per heavy atom. The fourth-order valence-corrected chi connectivity index (χ4v) is 4.55. The molecule has 224 valence electrons. The molecule has 1 aliphatic heterocycles. The van der Waals surface area contributed by atoms with Crippen LogP contribution >= 0.6 is 0 Å². The second-order valence-electron chi connectivity index (χ2n) is 10.1. The van der Waals surface area contributed by atoms with Crippen molar-refractivity contribution in [2.24, 2.45) is 11.5 Å². The van der Waals surface area contributed by atoms with E-state index < -0.39 is 64.4 Å². The summed E-state index contributed by atoms with van der Waals surface area (Å²) in [6.07, 6.45) is -3.44. The van der Waals surface area contributed by atoms with Gasteiger partial charge in [0.2, 0.25) is 11.5 Å². The van der Waals surface area contributed by atoms with Gasteiger partial charge in [0.25, 0.3) is 11.8 Å². The van der Waals surface area contributed by atoms with E-state index in [0.717, 1.165) is 35.0 Å². The summed E-state index contributed by atoms with van der Waals surface area (Å²) >= 11 is 0. The topological polar surface area (TPSA) is 175 Å². The van der Waals surface area contributed by atoms with Crippen LogP contribution in [0.1, 0.15) is 39.0 Å². The first kappa shape index (κ1) is 29.4. The summed E-state index contributed by atoms with van der Waals surface area (Å²) in [6, 6.07) is 5.95. The quantitative estimate of drug-likeness (QED) is 0.234. The summed E-state index contributed by atoms with van der Waals surface area (Å²) in [5, 5.41) is 13.0. The predicted molar refractivity (Wildman–Crippen MR) is 138 cm³/mol. The molecule has 1 aliphatic rings. The lowest BCUT2D eigenvalue weighted by molar-refractivity contribution is -0.265. The number of nitrogens with zero attached hydrogens (tertiary/aromatic N) is 3. The van der Waals surface area contributed by atoms with Gasteiger partial charge in [-0.3, -0.25) is 14.4 Å². The molecule has 3 aromatic heterocycles. The van der Waals surface area contributed by atoms with Gasteiger partial charge in [-0.2, -0.15) is 13.2 Å². The molecule has 0 radical (unpaired) electrons. The summed E-state index contributed by atoms with van der Waals surface area (Å²) in [6.45, 7) is -0.523. The van der Waals surface area contributed by atoms with Crippen LogP contribution in [0.3, 0.4) is 0 Å². The second-order valence-corrected chi connectivity index (χ2v) is 10.1. The van der Waals surface area contributed by atoms with E-state index in [2.05, 4.69) is 9.97 Å². The number of pyridine rings is 2. The van der Waals surface area contributed by atoms with E-state index in [4.69, 9.17) is 16.2 Å². The van der Waals surface area contributed by atoms with Crippen LogP contribution in [0.5, 0.6) is 5.75 Å². The van der Waals surface area contributed by atoms with Crippen LogP contribution < -0.4 is 21.5 Å². The van der Waals surface area contributed by atoms with Gasteiger partial charge in [0.1, 0.15) is 35.0 Å². The minimum absolute atomic E-state index is 0.0929. The van der Waals surface area contributed by atoms with E-state index in [1.807, 2.05) is 5.32 Å². The predicted octanol–water partition coefficient (Wildman–Crippen LogP) is 2.09. The van der Waals surface area contributed by atoms with Crippen molar-refractivity contribution in [3.05, 3.63) is 82.9 Å². The molecule has 0 spiro atoms. The zero-order chi connectivity index (χ0) is 31.5. The smallest absolute Gasteiger partial charge is 0.424 e. The van der Waals surface area contributed by atoms with Gasteiger partial charge in [-0.1, -0.05) is 0 Å². The van der Waals surface area contributed by atoms with E-state index in [9.17, 15) is 41.4 Å². The molecule has 0 unspecified atom stereocenters. The maximum atomic E-state index is 14.6. The van der Waals surface area contributed by atoms with Crippen molar-refractivity contribution in [3.8, 4) is 17.0 Å². The van der Waals surface area contributed by atoms with Crippen molar-refractivity contribution in [1.82, 2.24) is 19.7 Å². The number of benzene rings is 1. The largest absolute Gasteiger partial charge is 0.489 e. The Hall–Kier alpha value is -5.12. The van der Waals surface area contributed by atoms with Crippen LogP contribution in [0.2, 0.25) is 0 Å². The van der Waals surface area contributed by atoms with E-state index in [0.29, 0.717) is 6.07 Å². The Morgan fingerprint density at radius 2 is 1.77 bits per heavy atom. The Kier molecular flexibility index (Phi) is 6.84. The van der Waals surface area contributed by atoms with Crippen LogP contribution in [0.15, 0.2) is 48.8 Å². The molecule has 16 heteroatoms. The van der Waals surface area contributed by atoms with E-state index in [1.54, 1.807) is 0 Å². The number of imidazole rings is 1. The highest BCUT2D eigenvalue weighted by molar-refractivity contribution is 5.95. The molecule has 0 bridgehead atoms. The number of ether oxygens (including phenoxy) is 1. The molecule has 3 amide bonds. The van der Waals surface area contributed by atoms with E-state index in [-0.39, 0.29) is 40.5 Å².